The lowest BCUT2D eigenvalue weighted by atomic mass is 10.1. The molecule has 1 saturated heterocycles. The van der Waals surface area contributed by atoms with Gasteiger partial charge in [0.05, 0.1) is 6.10 Å². The average molecular weight is 292 g/mol. The molecule has 7 heteroatoms. The van der Waals surface area contributed by atoms with Crippen molar-refractivity contribution in [3.8, 4) is 0 Å². The van der Waals surface area contributed by atoms with E-state index in [1.54, 1.807) is 24.3 Å². The highest BCUT2D eigenvalue weighted by Crippen LogP contribution is 2.20. The normalized spacial score (nSPS) is 21.1. The molecule has 0 aliphatic carbocycles. The predicted octanol–water partition coefficient (Wildman–Crippen LogP) is 0.941. The molecular formula is C14H16N2O5. The first-order chi connectivity index (χ1) is 9.88. The molecule has 1 unspecified atom stereocenters. The number of aliphatic hydroxyl groups excluding tert-OH is 1. The number of nitrogens with zero attached hydrogens (tertiary/aromatic N) is 1. The second kappa shape index (κ2) is 5.92. The summed E-state index contributed by atoms with van der Waals surface area (Å²) >= 11 is 0. The number of nitrogens with one attached hydrogen (secondary N) is 1. The number of benzene rings is 1. The van der Waals surface area contributed by atoms with Gasteiger partial charge in [-0.25, -0.2) is 9.59 Å². The third kappa shape index (κ3) is 3.38. The van der Waals surface area contributed by atoms with Crippen molar-refractivity contribution in [2.45, 2.75) is 25.5 Å². The summed E-state index contributed by atoms with van der Waals surface area (Å²) in [4.78, 5) is 35.4. The van der Waals surface area contributed by atoms with E-state index in [1.807, 2.05) is 0 Å². The molecule has 0 radical (unpaired) electrons. The minimum Gasteiger partial charge on any atom is -0.480 e. The Morgan fingerprint density at radius 2 is 1.86 bits per heavy atom. The molecule has 2 atom stereocenters. The van der Waals surface area contributed by atoms with Crippen LogP contribution in [0.1, 0.15) is 23.7 Å². The lowest BCUT2D eigenvalue weighted by Crippen LogP contribution is -2.43. The summed E-state index contributed by atoms with van der Waals surface area (Å²) in [7, 11) is 0. The first-order valence-corrected chi connectivity index (χ1v) is 6.48. The van der Waals surface area contributed by atoms with Crippen molar-refractivity contribution < 1.29 is 24.6 Å². The highest BCUT2D eigenvalue weighted by molar-refractivity contribution is 5.96. The van der Waals surface area contributed by atoms with Crippen LogP contribution in [0.15, 0.2) is 24.3 Å². The van der Waals surface area contributed by atoms with Gasteiger partial charge in [0, 0.05) is 24.2 Å². The minimum atomic E-state index is -1.14. The summed E-state index contributed by atoms with van der Waals surface area (Å²) in [5, 5.41) is 21.1. The monoisotopic (exact) mass is 292 g/mol. The maximum Gasteiger partial charge on any atom is 0.326 e. The van der Waals surface area contributed by atoms with Crippen molar-refractivity contribution in [2.75, 3.05) is 11.9 Å². The third-order valence-corrected chi connectivity index (χ3v) is 3.37. The molecule has 1 aliphatic heterocycles. The molecular weight excluding hydrogens is 276 g/mol. The topological polar surface area (TPSA) is 107 Å². The van der Waals surface area contributed by atoms with Crippen molar-refractivity contribution >= 4 is 23.5 Å². The number of ketones is 1. The van der Waals surface area contributed by atoms with Crippen LogP contribution in [-0.2, 0) is 4.79 Å². The number of amides is 2. The lowest BCUT2D eigenvalue weighted by Gasteiger charge is -2.21. The Hall–Kier alpha value is -2.41. The van der Waals surface area contributed by atoms with E-state index < -0.39 is 24.1 Å². The highest BCUT2D eigenvalue weighted by atomic mass is 16.4. The fourth-order valence-electron chi connectivity index (χ4n) is 2.26. The average Bonchev–Trinajstić information content (AvgIpc) is 2.82. The number of likely N-dealkylation sites (tertiary alicyclic amines) is 1. The van der Waals surface area contributed by atoms with Gasteiger partial charge in [-0.2, -0.15) is 0 Å². The molecule has 1 aromatic carbocycles. The highest BCUT2D eigenvalue weighted by Gasteiger charge is 2.38. The molecule has 1 fully saturated rings. The zero-order valence-corrected chi connectivity index (χ0v) is 11.4. The molecule has 21 heavy (non-hydrogen) atoms. The molecule has 1 aromatic rings. The van der Waals surface area contributed by atoms with E-state index in [9.17, 15) is 19.5 Å². The van der Waals surface area contributed by atoms with E-state index in [0.717, 1.165) is 4.90 Å². The van der Waals surface area contributed by atoms with Crippen LogP contribution < -0.4 is 5.32 Å². The molecule has 112 valence electrons. The summed E-state index contributed by atoms with van der Waals surface area (Å²) in [5.41, 5.74) is 0.975. The van der Waals surface area contributed by atoms with Gasteiger partial charge >= 0.3 is 12.0 Å². The summed E-state index contributed by atoms with van der Waals surface area (Å²) in [6.07, 6.45) is -0.816. The SMILES string of the molecule is CC(=O)c1ccc(NC(=O)N2CC(O)C[C@H]2C(=O)O)cc1. The van der Waals surface area contributed by atoms with Crippen molar-refractivity contribution in [3.63, 3.8) is 0 Å². The van der Waals surface area contributed by atoms with Crippen LogP contribution in [0.25, 0.3) is 0 Å². The summed E-state index contributed by atoms with van der Waals surface area (Å²) < 4.78 is 0. The second-order valence-electron chi connectivity index (χ2n) is 4.96. The first kappa shape index (κ1) is 15.0. The van der Waals surface area contributed by atoms with Gasteiger partial charge in [-0.1, -0.05) is 0 Å². The number of carboxylic acid groups (broad SMARTS) is 1. The fraction of sp³-hybridized carbons (Fsp3) is 0.357. The molecule has 1 aliphatic rings. The summed E-state index contributed by atoms with van der Waals surface area (Å²) in [5.74, 6) is -1.23. The number of aliphatic hydroxyl groups is 1. The van der Waals surface area contributed by atoms with Crippen LogP contribution >= 0.6 is 0 Å². The maximum atomic E-state index is 12.1. The number of carboxylic acids is 1. The molecule has 3 N–H and O–H groups in total. The predicted molar refractivity (Wildman–Crippen MR) is 74.2 cm³/mol. The Morgan fingerprint density at radius 3 is 2.38 bits per heavy atom. The molecule has 2 amide bonds. The molecule has 2 rings (SSSR count). The van der Waals surface area contributed by atoms with Crippen molar-refractivity contribution in [2.24, 2.45) is 0 Å². The summed E-state index contributed by atoms with van der Waals surface area (Å²) in [6.45, 7) is 1.42. The lowest BCUT2D eigenvalue weighted by molar-refractivity contribution is -0.141. The number of hydrogen-bond acceptors (Lipinski definition) is 4. The van der Waals surface area contributed by atoms with E-state index in [0.29, 0.717) is 11.3 Å². The van der Waals surface area contributed by atoms with Crippen LogP contribution in [-0.4, -0.2) is 51.6 Å². The van der Waals surface area contributed by atoms with Crippen LogP contribution in [0, 0.1) is 0 Å². The van der Waals surface area contributed by atoms with E-state index in [-0.39, 0.29) is 18.7 Å². The maximum absolute atomic E-state index is 12.1. The van der Waals surface area contributed by atoms with Gasteiger partial charge in [0.1, 0.15) is 6.04 Å². The fourth-order valence-corrected chi connectivity index (χ4v) is 2.26. The molecule has 0 aromatic heterocycles. The zero-order valence-electron chi connectivity index (χ0n) is 11.4. The van der Waals surface area contributed by atoms with Gasteiger partial charge in [0.25, 0.3) is 0 Å². The number of carbonyl (C=O) groups is 3. The third-order valence-electron chi connectivity index (χ3n) is 3.37. The molecule has 1 heterocycles. The second-order valence-corrected chi connectivity index (χ2v) is 4.96. The van der Waals surface area contributed by atoms with Crippen LogP contribution in [0.4, 0.5) is 10.5 Å². The van der Waals surface area contributed by atoms with Crippen molar-refractivity contribution in [3.05, 3.63) is 29.8 Å². The Kier molecular flexibility index (Phi) is 4.23. The van der Waals surface area contributed by atoms with E-state index in [1.165, 1.54) is 6.92 Å². The largest absolute Gasteiger partial charge is 0.480 e. The minimum absolute atomic E-state index is 0.0195. The Bertz CT molecular complexity index is 569. The summed E-state index contributed by atoms with van der Waals surface area (Å²) in [6, 6.07) is 4.66. The van der Waals surface area contributed by atoms with Gasteiger partial charge in [-0.3, -0.25) is 4.79 Å². The number of hydrogen-bond donors (Lipinski definition) is 3. The van der Waals surface area contributed by atoms with Crippen molar-refractivity contribution in [1.82, 2.24) is 4.90 Å². The van der Waals surface area contributed by atoms with Gasteiger partial charge in [0.2, 0.25) is 0 Å². The number of Topliss-reactive ketones (excluding diaryl/α,β-unsaturated/α-hetero) is 1. The quantitative estimate of drug-likeness (QED) is 0.719. The molecule has 0 bridgehead atoms. The Balaban J connectivity index is 2.06. The Labute approximate surface area is 121 Å². The number of β-amino-alcohol motifs (C(OH)–C–C–N with tert-alkyl or cyclic N) is 1. The number of anilines is 1. The van der Waals surface area contributed by atoms with Gasteiger partial charge in [-0.05, 0) is 31.2 Å². The van der Waals surface area contributed by atoms with E-state index >= 15 is 0 Å². The number of urea groups is 1. The smallest absolute Gasteiger partial charge is 0.326 e. The van der Waals surface area contributed by atoms with E-state index in [2.05, 4.69) is 5.32 Å². The molecule has 0 saturated carbocycles. The van der Waals surface area contributed by atoms with Gasteiger partial charge < -0.3 is 20.4 Å². The first-order valence-electron chi connectivity index (χ1n) is 6.48. The number of aliphatic carboxylic acids is 1. The molecule has 0 spiro atoms. The molecule has 7 nitrogen and oxygen atoms in total. The Morgan fingerprint density at radius 1 is 1.24 bits per heavy atom. The van der Waals surface area contributed by atoms with Crippen molar-refractivity contribution in [1.29, 1.82) is 0 Å². The van der Waals surface area contributed by atoms with Gasteiger partial charge in [0.15, 0.2) is 5.78 Å². The zero-order chi connectivity index (χ0) is 15.6. The van der Waals surface area contributed by atoms with Crippen LogP contribution in [0.2, 0.25) is 0 Å². The van der Waals surface area contributed by atoms with Gasteiger partial charge in [-0.15, -0.1) is 0 Å². The van der Waals surface area contributed by atoms with Crippen LogP contribution in [0.3, 0.4) is 0 Å². The van der Waals surface area contributed by atoms with Crippen LogP contribution in [0.5, 0.6) is 0 Å². The number of carbonyl (C=O) groups excluding carboxylic acids is 2. The standard InChI is InChI=1S/C14H16N2O5/c1-8(17)9-2-4-10(5-3-9)15-14(21)16-7-11(18)6-12(16)13(19)20/h2-5,11-12,18H,6-7H2,1H3,(H,15,21)(H,19,20)/t11?,12-/m0/s1. The number of rotatable bonds is 3. The van der Waals surface area contributed by atoms with E-state index in [4.69, 9.17) is 5.11 Å².